The summed E-state index contributed by atoms with van der Waals surface area (Å²) in [6, 6.07) is 5.61. The minimum Gasteiger partial charge on any atom is -0.496 e. The van der Waals surface area contributed by atoms with E-state index in [2.05, 4.69) is 15.2 Å². The lowest BCUT2D eigenvalue weighted by atomic mass is 10.1. The van der Waals surface area contributed by atoms with E-state index in [0.717, 1.165) is 11.4 Å². The lowest BCUT2D eigenvalue weighted by Gasteiger charge is -2.08. The van der Waals surface area contributed by atoms with E-state index in [4.69, 9.17) is 15.9 Å². The number of ether oxygens (including phenoxy) is 1. The summed E-state index contributed by atoms with van der Waals surface area (Å²) in [5.74, 6) is 2.11. The Bertz CT molecular complexity index is 596. The molecule has 0 radical (unpaired) electrons. The van der Waals surface area contributed by atoms with Crippen LogP contribution in [0, 0.1) is 12.3 Å². The van der Waals surface area contributed by atoms with Gasteiger partial charge >= 0.3 is 0 Å². The number of nitrogen functional groups attached to an aromatic ring is 1. The first-order valence-corrected chi connectivity index (χ1v) is 6.62. The molecule has 1 aromatic heterocycles. The molecule has 1 heterocycles. The van der Waals surface area contributed by atoms with Gasteiger partial charge in [-0.1, -0.05) is 17.8 Å². The molecular formula is C12H15N5OS. The molecule has 0 saturated carbocycles. The third-order valence-corrected chi connectivity index (χ3v) is 3.42. The molecule has 100 valence electrons. The van der Waals surface area contributed by atoms with Crippen molar-refractivity contribution >= 4 is 17.6 Å². The molecule has 0 aliphatic heterocycles. The summed E-state index contributed by atoms with van der Waals surface area (Å²) >= 11 is 1.52. The zero-order chi connectivity index (χ0) is 13.8. The average molecular weight is 277 g/mol. The SMILES string of the molecule is COc1ccc(CSc2n[nH]c(C)n2)cc1C(=N)N. The minimum atomic E-state index is -0.00237. The van der Waals surface area contributed by atoms with Crippen LogP contribution in [0.2, 0.25) is 0 Å². The van der Waals surface area contributed by atoms with E-state index in [1.165, 1.54) is 11.8 Å². The monoisotopic (exact) mass is 277 g/mol. The summed E-state index contributed by atoms with van der Waals surface area (Å²) in [4.78, 5) is 4.22. The smallest absolute Gasteiger partial charge is 0.208 e. The van der Waals surface area contributed by atoms with Crippen LogP contribution in [0.3, 0.4) is 0 Å². The standard InChI is InChI=1S/C12H15N5OS/c1-7-15-12(17-16-7)19-6-8-3-4-10(18-2)9(5-8)11(13)14/h3-5H,6H2,1-2H3,(H3,13,14)(H,15,16,17). The van der Waals surface area contributed by atoms with Crippen LogP contribution in [0.1, 0.15) is 17.0 Å². The van der Waals surface area contributed by atoms with Crippen molar-refractivity contribution in [2.75, 3.05) is 7.11 Å². The number of H-pyrrole nitrogens is 1. The Morgan fingerprint density at radius 2 is 2.32 bits per heavy atom. The highest BCUT2D eigenvalue weighted by atomic mass is 32.2. The van der Waals surface area contributed by atoms with Crippen molar-refractivity contribution in [3.05, 3.63) is 35.2 Å². The molecule has 19 heavy (non-hydrogen) atoms. The number of nitrogens with two attached hydrogens (primary N) is 1. The van der Waals surface area contributed by atoms with Gasteiger partial charge in [0.2, 0.25) is 5.16 Å². The topological polar surface area (TPSA) is 101 Å². The molecule has 4 N–H and O–H groups in total. The second-order valence-corrected chi connectivity index (χ2v) is 4.88. The predicted octanol–water partition coefficient (Wildman–Crippen LogP) is 1.70. The Balaban J connectivity index is 2.12. The van der Waals surface area contributed by atoms with Crippen molar-refractivity contribution in [2.45, 2.75) is 17.8 Å². The number of nitrogens with zero attached hydrogens (tertiary/aromatic N) is 2. The number of aromatic amines is 1. The first kappa shape index (κ1) is 13.4. The Morgan fingerprint density at radius 1 is 1.53 bits per heavy atom. The third kappa shape index (κ3) is 3.25. The molecule has 0 aliphatic carbocycles. The van der Waals surface area contributed by atoms with Crippen LogP contribution in [0.5, 0.6) is 5.75 Å². The minimum absolute atomic E-state index is 0.00237. The van der Waals surface area contributed by atoms with Crippen LogP contribution >= 0.6 is 11.8 Å². The number of rotatable bonds is 5. The van der Waals surface area contributed by atoms with E-state index in [1.54, 1.807) is 7.11 Å². The van der Waals surface area contributed by atoms with Crippen LogP contribution in [0.4, 0.5) is 0 Å². The van der Waals surface area contributed by atoms with Gasteiger partial charge in [-0.2, -0.15) is 0 Å². The molecule has 1 aromatic carbocycles. The van der Waals surface area contributed by atoms with E-state index >= 15 is 0 Å². The van der Waals surface area contributed by atoms with Crippen molar-refractivity contribution in [1.29, 1.82) is 5.41 Å². The summed E-state index contributed by atoms with van der Waals surface area (Å²) in [5, 5.41) is 15.1. The van der Waals surface area contributed by atoms with E-state index in [9.17, 15) is 0 Å². The van der Waals surface area contributed by atoms with Crippen LogP contribution in [-0.4, -0.2) is 28.1 Å². The summed E-state index contributed by atoms with van der Waals surface area (Å²) in [5.41, 5.74) is 7.18. The van der Waals surface area contributed by atoms with Crippen molar-refractivity contribution < 1.29 is 4.74 Å². The molecule has 7 heteroatoms. The second-order valence-electron chi connectivity index (χ2n) is 3.94. The Kier molecular flexibility index (Phi) is 4.06. The van der Waals surface area contributed by atoms with Gasteiger partial charge < -0.3 is 10.5 Å². The Hall–Kier alpha value is -2.02. The summed E-state index contributed by atoms with van der Waals surface area (Å²) in [6.45, 7) is 1.86. The van der Waals surface area contributed by atoms with Gasteiger partial charge in [-0.15, -0.1) is 5.10 Å². The van der Waals surface area contributed by atoms with Crippen LogP contribution < -0.4 is 10.5 Å². The fourth-order valence-electron chi connectivity index (χ4n) is 1.59. The van der Waals surface area contributed by atoms with E-state index in [-0.39, 0.29) is 5.84 Å². The van der Waals surface area contributed by atoms with Crippen molar-refractivity contribution in [2.24, 2.45) is 5.73 Å². The highest BCUT2D eigenvalue weighted by Gasteiger charge is 2.08. The molecule has 6 nitrogen and oxygen atoms in total. The normalized spacial score (nSPS) is 10.4. The molecule has 0 amide bonds. The van der Waals surface area contributed by atoms with Crippen molar-refractivity contribution in [3.8, 4) is 5.75 Å². The lowest BCUT2D eigenvalue weighted by Crippen LogP contribution is -2.12. The molecule has 2 aromatic rings. The van der Waals surface area contributed by atoms with Gasteiger partial charge in [0, 0.05) is 5.75 Å². The molecule has 0 spiro atoms. The number of thioether (sulfide) groups is 1. The zero-order valence-electron chi connectivity index (χ0n) is 10.7. The number of methoxy groups -OCH3 is 1. The highest BCUT2D eigenvalue weighted by molar-refractivity contribution is 7.98. The fraction of sp³-hybridized carbons (Fsp3) is 0.250. The van der Waals surface area contributed by atoms with Gasteiger partial charge in [0.1, 0.15) is 17.4 Å². The van der Waals surface area contributed by atoms with E-state index in [0.29, 0.717) is 22.2 Å². The quantitative estimate of drug-likeness (QED) is 0.438. The average Bonchev–Trinajstić information content (AvgIpc) is 2.81. The highest BCUT2D eigenvalue weighted by Crippen LogP contribution is 2.24. The fourth-order valence-corrected chi connectivity index (χ4v) is 2.38. The first-order valence-electron chi connectivity index (χ1n) is 5.63. The van der Waals surface area contributed by atoms with Gasteiger partial charge in [0.05, 0.1) is 12.7 Å². The van der Waals surface area contributed by atoms with E-state index < -0.39 is 0 Å². The van der Waals surface area contributed by atoms with Gasteiger partial charge in [0.15, 0.2) is 0 Å². The molecule has 0 aliphatic rings. The van der Waals surface area contributed by atoms with E-state index in [1.807, 2.05) is 25.1 Å². The molecule has 2 rings (SSSR count). The molecule has 0 fully saturated rings. The van der Waals surface area contributed by atoms with Crippen LogP contribution in [0.25, 0.3) is 0 Å². The molecular weight excluding hydrogens is 262 g/mol. The van der Waals surface area contributed by atoms with Gasteiger partial charge in [0.25, 0.3) is 0 Å². The molecule has 0 atom stereocenters. The van der Waals surface area contributed by atoms with Gasteiger partial charge in [-0.05, 0) is 24.6 Å². The molecule has 0 unspecified atom stereocenters. The van der Waals surface area contributed by atoms with Crippen molar-refractivity contribution in [3.63, 3.8) is 0 Å². The summed E-state index contributed by atoms with van der Waals surface area (Å²) in [7, 11) is 1.56. The predicted molar refractivity (Wildman–Crippen MR) is 74.7 cm³/mol. The first-order chi connectivity index (χ1) is 9.10. The van der Waals surface area contributed by atoms with Crippen LogP contribution in [0.15, 0.2) is 23.4 Å². The number of hydrogen-bond acceptors (Lipinski definition) is 5. The molecule has 0 saturated heterocycles. The lowest BCUT2D eigenvalue weighted by molar-refractivity contribution is 0.413. The Morgan fingerprint density at radius 3 is 2.89 bits per heavy atom. The Labute approximate surface area is 115 Å². The number of hydrogen-bond donors (Lipinski definition) is 3. The maximum absolute atomic E-state index is 7.54. The second kappa shape index (κ2) is 5.75. The number of nitrogens with one attached hydrogen (secondary N) is 2. The number of amidine groups is 1. The maximum Gasteiger partial charge on any atom is 0.208 e. The molecule has 0 bridgehead atoms. The number of benzene rings is 1. The summed E-state index contributed by atoms with van der Waals surface area (Å²) < 4.78 is 5.17. The number of aryl methyl sites for hydroxylation is 1. The third-order valence-electron chi connectivity index (χ3n) is 2.50. The van der Waals surface area contributed by atoms with Crippen LogP contribution in [-0.2, 0) is 5.75 Å². The maximum atomic E-state index is 7.54. The van der Waals surface area contributed by atoms with Gasteiger partial charge in [-0.3, -0.25) is 10.5 Å². The zero-order valence-corrected chi connectivity index (χ0v) is 11.5. The van der Waals surface area contributed by atoms with Crippen molar-refractivity contribution in [1.82, 2.24) is 15.2 Å². The summed E-state index contributed by atoms with van der Waals surface area (Å²) in [6.07, 6.45) is 0. The number of aromatic nitrogens is 3. The van der Waals surface area contributed by atoms with Gasteiger partial charge in [-0.25, -0.2) is 4.98 Å². The largest absolute Gasteiger partial charge is 0.496 e.